The molecule has 1 aliphatic heterocycles. The quantitative estimate of drug-likeness (QED) is 0.363. The van der Waals surface area contributed by atoms with Gasteiger partial charge >= 0.3 is 0 Å². The maximum atomic E-state index is 14.0. The molecule has 2 atom stereocenters. The number of carbonyl (C=O) groups is 3. The zero-order valence-electron chi connectivity index (χ0n) is 19.6. The number of nitrogens with zero attached hydrogens (tertiary/aromatic N) is 2. The summed E-state index contributed by atoms with van der Waals surface area (Å²) in [6.07, 6.45) is 1.65. The van der Waals surface area contributed by atoms with Crippen LogP contribution in [0.5, 0.6) is 5.75 Å². The number of nitrogen functional groups attached to an aromatic ring is 1. The van der Waals surface area contributed by atoms with E-state index >= 15 is 0 Å². The lowest BCUT2D eigenvalue weighted by molar-refractivity contribution is -0.123. The van der Waals surface area contributed by atoms with Gasteiger partial charge in [-0.15, -0.1) is 0 Å². The van der Waals surface area contributed by atoms with Gasteiger partial charge in [0.15, 0.2) is 5.69 Å². The van der Waals surface area contributed by atoms with Crippen molar-refractivity contribution in [3.05, 3.63) is 70.2 Å². The van der Waals surface area contributed by atoms with Crippen molar-refractivity contribution in [1.29, 1.82) is 0 Å². The Morgan fingerprint density at radius 1 is 1.25 bits per heavy atom. The second-order valence-electron chi connectivity index (χ2n) is 8.53. The number of nitrogens with two attached hydrogens (primary N) is 2. The van der Waals surface area contributed by atoms with Crippen LogP contribution in [0, 0.1) is 6.92 Å². The maximum absolute atomic E-state index is 14.0. The first-order valence-corrected chi connectivity index (χ1v) is 12.2. The molecule has 6 N–H and O–H groups in total. The van der Waals surface area contributed by atoms with Crippen LogP contribution in [0.25, 0.3) is 0 Å². The number of rotatable bonds is 8. The molecule has 0 radical (unpaired) electrons. The molecule has 3 aromatic rings. The summed E-state index contributed by atoms with van der Waals surface area (Å²) in [5.74, 6) is -1.89. The molecule has 0 unspecified atom stereocenters. The number of anilines is 2. The smallest absolute Gasteiger partial charge is 0.273 e. The Kier molecular flexibility index (Phi) is 7.51. The van der Waals surface area contributed by atoms with E-state index in [0.29, 0.717) is 17.9 Å². The van der Waals surface area contributed by atoms with Crippen molar-refractivity contribution in [2.24, 2.45) is 5.73 Å². The fourth-order valence-electron chi connectivity index (χ4n) is 4.09. The topological polar surface area (TPSA) is 161 Å². The van der Waals surface area contributed by atoms with Gasteiger partial charge in [-0.1, -0.05) is 24.3 Å². The van der Waals surface area contributed by atoms with Gasteiger partial charge in [-0.2, -0.15) is 4.37 Å². The van der Waals surface area contributed by atoms with Crippen molar-refractivity contribution in [1.82, 2.24) is 9.69 Å². The number of hydrogen-bond acceptors (Lipinski definition) is 8. The van der Waals surface area contributed by atoms with Crippen LogP contribution in [0.4, 0.5) is 11.4 Å². The molecule has 1 saturated heterocycles. The van der Waals surface area contributed by atoms with Gasteiger partial charge < -0.3 is 26.6 Å². The van der Waals surface area contributed by atoms with Crippen LogP contribution in [-0.2, 0) is 9.53 Å². The maximum Gasteiger partial charge on any atom is 0.273 e. The van der Waals surface area contributed by atoms with Crippen molar-refractivity contribution in [2.75, 3.05) is 23.8 Å². The molecule has 1 aromatic heterocycles. The van der Waals surface area contributed by atoms with Crippen molar-refractivity contribution < 1.29 is 24.2 Å². The second kappa shape index (κ2) is 10.8. The Balaban J connectivity index is 1.80. The Hall–Kier alpha value is -3.96. The van der Waals surface area contributed by atoms with E-state index in [-0.39, 0.29) is 34.7 Å². The summed E-state index contributed by atoms with van der Waals surface area (Å²) in [6, 6.07) is 12.0. The van der Waals surface area contributed by atoms with Gasteiger partial charge in [0, 0.05) is 18.8 Å². The van der Waals surface area contributed by atoms with Crippen LogP contribution in [0.1, 0.15) is 50.2 Å². The third kappa shape index (κ3) is 5.31. The van der Waals surface area contributed by atoms with E-state index in [1.807, 2.05) is 13.0 Å². The lowest BCUT2D eigenvalue weighted by Crippen LogP contribution is -2.45. The number of benzene rings is 2. The van der Waals surface area contributed by atoms with E-state index in [2.05, 4.69) is 9.69 Å². The minimum atomic E-state index is -1.13. The number of carbonyl (C=O) groups excluding carboxylic acids is 3. The number of amides is 3. The zero-order chi connectivity index (χ0) is 25.8. The van der Waals surface area contributed by atoms with Gasteiger partial charge in [0.25, 0.3) is 11.8 Å². The summed E-state index contributed by atoms with van der Waals surface area (Å²) in [4.78, 5) is 40.7. The van der Waals surface area contributed by atoms with E-state index in [4.69, 9.17) is 16.2 Å². The fourth-order valence-corrected chi connectivity index (χ4v) is 4.83. The predicted octanol–water partition coefficient (Wildman–Crippen LogP) is 2.52. The number of phenols is 1. The minimum absolute atomic E-state index is 0.0130. The fraction of sp³-hybridized carbons (Fsp3) is 0.280. The van der Waals surface area contributed by atoms with E-state index < -0.39 is 23.8 Å². The predicted molar refractivity (Wildman–Crippen MR) is 136 cm³/mol. The number of aryl methyl sites for hydroxylation is 1. The number of phenolic OH excluding ortho intramolecular Hbond substituents is 1. The van der Waals surface area contributed by atoms with Crippen LogP contribution in [0.2, 0.25) is 0 Å². The Labute approximate surface area is 212 Å². The summed E-state index contributed by atoms with van der Waals surface area (Å²) >= 11 is 0.742. The van der Waals surface area contributed by atoms with E-state index in [1.54, 1.807) is 30.3 Å². The van der Waals surface area contributed by atoms with Crippen molar-refractivity contribution in [3.63, 3.8) is 0 Å². The van der Waals surface area contributed by atoms with Gasteiger partial charge in [-0.25, -0.2) is 0 Å². The molecule has 0 saturated carbocycles. The zero-order valence-corrected chi connectivity index (χ0v) is 20.5. The standard InChI is InChI=1S/C25H27N5O5S/c1-14-4-2-5-16(12-14)30(25(34)22-19(26)20(23(27)32)29-36-22)21(15-7-9-17(31)10-8-15)24(33)28-13-18-6-3-11-35-18/h2,4-5,7-10,12,18,21,31H,3,6,11,13,26H2,1H3,(H2,27,32)(H,28,33)/t18-,21-/m1/s1. The summed E-state index contributed by atoms with van der Waals surface area (Å²) in [6.45, 7) is 2.80. The third-order valence-corrected chi connectivity index (χ3v) is 6.75. The van der Waals surface area contributed by atoms with Crippen LogP contribution < -0.4 is 21.7 Å². The van der Waals surface area contributed by atoms with Crippen LogP contribution in [-0.4, -0.2) is 46.5 Å². The summed E-state index contributed by atoms with van der Waals surface area (Å²) in [5.41, 5.74) is 12.9. The molecule has 4 rings (SSSR count). The van der Waals surface area contributed by atoms with Crippen molar-refractivity contribution in [3.8, 4) is 5.75 Å². The molecule has 3 amide bonds. The highest BCUT2D eigenvalue weighted by atomic mass is 32.1. The van der Waals surface area contributed by atoms with Gasteiger partial charge in [-0.05, 0) is 66.7 Å². The third-order valence-electron chi connectivity index (χ3n) is 5.90. The van der Waals surface area contributed by atoms with Crippen LogP contribution in [0.15, 0.2) is 48.5 Å². The Morgan fingerprint density at radius 2 is 2.00 bits per heavy atom. The van der Waals surface area contributed by atoms with Gasteiger partial charge in [0.2, 0.25) is 5.91 Å². The van der Waals surface area contributed by atoms with Crippen LogP contribution >= 0.6 is 11.5 Å². The molecule has 11 heteroatoms. The Bertz CT molecular complexity index is 1270. The molecule has 2 heterocycles. The van der Waals surface area contributed by atoms with E-state index in [9.17, 15) is 19.5 Å². The molecule has 10 nitrogen and oxygen atoms in total. The average molecular weight is 510 g/mol. The Morgan fingerprint density at radius 3 is 2.61 bits per heavy atom. The highest BCUT2D eigenvalue weighted by Crippen LogP contribution is 2.34. The first-order valence-electron chi connectivity index (χ1n) is 11.4. The van der Waals surface area contributed by atoms with Crippen molar-refractivity contribution in [2.45, 2.75) is 31.9 Å². The van der Waals surface area contributed by atoms with Gasteiger partial charge in [-0.3, -0.25) is 19.3 Å². The summed E-state index contributed by atoms with van der Waals surface area (Å²) in [5, 5.41) is 12.7. The lowest BCUT2D eigenvalue weighted by atomic mass is 10.0. The van der Waals surface area contributed by atoms with Crippen molar-refractivity contribution >= 4 is 40.6 Å². The molecule has 188 valence electrons. The monoisotopic (exact) mass is 509 g/mol. The van der Waals surface area contributed by atoms with E-state index in [1.165, 1.54) is 17.0 Å². The number of aromatic nitrogens is 1. The largest absolute Gasteiger partial charge is 0.508 e. The number of ether oxygens (including phenoxy) is 1. The summed E-state index contributed by atoms with van der Waals surface area (Å²) < 4.78 is 9.58. The lowest BCUT2D eigenvalue weighted by Gasteiger charge is -2.31. The highest BCUT2D eigenvalue weighted by Gasteiger charge is 2.36. The molecular weight excluding hydrogens is 482 g/mol. The van der Waals surface area contributed by atoms with E-state index in [0.717, 1.165) is 29.9 Å². The second-order valence-corrected chi connectivity index (χ2v) is 9.30. The number of nitrogens with one attached hydrogen (secondary N) is 1. The molecular formula is C25H27N5O5S. The number of hydrogen-bond donors (Lipinski definition) is 4. The van der Waals surface area contributed by atoms with Gasteiger partial charge in [0.1, 0.15) is 16.7 Å². The molecule has 1 fully saturated rings. The molecule has 0 bridgehead atoms. The first-order chi connectivity index (χ1) is 17.3. The first kappa shape index (κ1) is 25.1. The SMILES string of the molecule is Cc1cccc(N(C(=O)c2snc(C(N)=O)c2N)[C@@H](C(=O)NC[C@H]2CCCO2)c2ccc(O)cc2)c1. The number of aromatic hydroxyl groups is 1. The normalized spacial score (nSPS) is 15.9. The molecule has 0 aliphatic carbocycles. The van der Waals surface area contributed by atoms with Crippen LogP contribution in [0.3, 0.4) is 0 Å². The average Bonchev–Trinajstić information content (AvgIpc) is 3.51. The van der Waals surface area contributed by atoms with Gasteiger partial charge in [0.05, 0.1) is 11.8 Å². The molecule has 36 heavy (non-hydrogen) atoms. The molecule has 2 aromatic carbocycles. The number of primary amides is 1. The summed E-state index contributed by atoms with van der Waals surface area (Å²) in [7, 11) is 0. The molecule has 1 aliphatic rings. The highest BCUT2D eigenvalue weighted by molar-refractivity contribution is 7.09. The minimum Gasteiger partial charge on any atom is -0.508 e. The molecule has 0 spiro atoms.